The van der Waals surface area contributed by atoms with E-state index in [0.717, 1.165) is 0 Å². The normalized spacial score (nSPS) is 14.3. The predicted octanol–water partition coefficient (Wildman–Crippen LogP) is 2.50. The summed E-state index contributed by atoms with van der Waals surface area (Å²) in [4.78, 5) is 16.3. The zero-order valence-corrected chi connectivity index (χ0v) is 13.8. The second kappa shape index (κ2) is 6.87. The van der Waals surface area contributed by atoms with Crippen LogP contribution in [0.4, 0.5) is 0 Å². The molecule has 0 saturated carbocycles. The van der Waals surface area contributed by atoms with Crippen molar-refractivity contribution in [2.75, 3.05) is 0 Å². The highest BCUT2D eigenvalue weighted by atomic mass is 16.6. The molecule has 2 atom stereocenters. The number of carbonyl (C=O) groups is 1. The summed E-state index contributed by atoms with van der Waals surface area (Å²) < 4.78 is 11.0. The molecule has 2 heterocycles. The van der Waals surface area contributed by atoms with Crippen molar-refractivity contribution >= 4 is 5.97 Å². The number of carbonyl (C=O) groups excluding carboxylic acids is 1. The fourth-order valence-corrected chi connectivity index (χ4v) is 2.09. The van der Waals surface area contributed by atoms with Gasteiger partial charge in [0.05, 0.1) is 17.5 Å². The van der Waals surface area contributed by atoms with Gasteiger partial charge in [-0.1, -0.05) is 6.92 Å². The molecule has 0 spiro atoms. The Labute approximate surface area is 135 Å². The van der Waals surface area contributed by atoms with E-state index in [-0.39, 0.29) is 11.9 Å². The molecule has 1 unspecified atom stereocenters. The summed E-state index contributed by atoms with van der Waals surface area (Å²) in [6.45, 7) is 7.32. The number of ether oxygens (including phenoxy) is 1. The van der Waals surface area contributed by atoms with Crippen molar-refractivity contribution in [1.82, 2.24) is 15.2 Å². The Morgan fingerprint density at radius 2 is 2.13 bits per heavy atom. The first kappa shape index (κ1) is 17.1. The van der Waals surface area contributed by atoms with Gasteiger partial charge in [0.25, 0.3) is 0 Å². The lowest BCUT2D eigenvalue weighted by Crippen LogP contribution is -2.34. The molecule has 23 heavy (non-hydrogen) atoms. The number of pyridine rings is 1. The topological polar surface area (TPSA) is 104 Å². The molecule has 2 aromatic rings. The molecule has 7 nitrogen and oxygen atoms in total. The second-order valence-electron chi connectivity index (χ2n) is 6.26. The third-order valence-electron chi connectivity index (χ3n) is 3.22. The van der Waals surface area contributed by atoms with Crippen LogP contribution in [-0.4, -0.2) is 26.8 Å². The van der Waals surface area contributed by atoms with Crippen LogP contribution in [0.1, 0.15) is 46.0 Å². The molecule has 0 radical (unpaired) electrons. The van der Waals surface area contributed by atoms with Gasteiger partial charge in [0.2, 0.25) is 11.8 Å². The van der Waals surface area contributed by atoms with E-state index < -0.39 is 17.6 Å². The largest absolute Gasteiger partial charge is 0.460 e. The Bertz CT molecular complexity index is 649. The molecule has 0 amide bonds. The van der Waals surface area contributed by atoms with Crippen molar-refractivity contribution in [1.29, 1.82) is 0 Å². The van der Waals surface area contributed by atoms with Crippen LogP contribution in [0.2, 0.25) is 0 Å². The number of nitrogens with two attached hydrogens (primary N) is 1. The van der Waals surface area contributed by atoms with E-state index in [1.165, 1.54) is 0 Å². The molecular weight excluding hydrogens is 296 g/mol. The fraction of sp³-hybridized carbons (Fsp3) is 0.500. The highest BCUT2D eigenvalue weighted by molar-refractivity contribution is 5.73. The molecule has 0 aliphatic heterocycles. The minimum atomic E-state index is -0.715. The van der Waals surface area contributed by atoms with Gasteiger partial charge >= 0.3 is 5.97 Å². The molecule has 7 heteroatoms. The van der Waals surface area contributed by atoms with Crippen LogP contribution < -0.4 is 5.73 Å². The highest BCUT2D eigenvalue weighted by Crippen LogP contribution is 2.27. The first-order valence-electron chi connectivity index (χ1n) is 7.54. The molecule has 0 fully saturated rings. The molecule has 0 aromatic carbocycles. The number of esters is 1. The van der Waals surface area contributed by atoms with Gasteiger partial charge in [-0.3, -0.25) is 9.78 Å². The summed E-state index contributed by atoms with van der Waals surface area (Å²) in [5.74, 6) is -0.380. The van der Waals surface area contributed by atoms with Gasteiger partial charge in [-0.05, 0) is 39.3 Å². The van der Waals surface area contributed by atoms with Gasteiger partial charge in [-0.2, -0.15) is 0 Å². The molecule has 124 valence electrons. The zero-order valence-electron chi connectivity index (χ0n) is 13.8. The minimum absolute atomic E-state index is 0.210. The monoisotopic (exact) mass is 318 g/mol. The summed E-state index contributed by atoms with van der Waals surface area (Å²) in [5, 5.41) is 7.93. The lowest BCUT2D eigenvalue weighted by Gasteiger charge is -2.25. The van der Waals surface area contributed by atoms with Gasteiger partial charge < -0.3 is 14.9 Å². The number of nitrogens with zero attached hydrogens (tertiary/aromatic N) is 3. The lowest BCUT2D eigenvalue weighted by molar-refractivity contribution is -0.161. The van der Waals surface area contributed by atoms with Crippen LogP contribution in [0.15, 0.2) is 28.9 Å². The second-order valence-corrected chi connectivity index (χ2v) is 6.26. The van der Waals surface area contributed by atoms with Crippen molar-refractivity contribution < 1.29 is 13.9 Å². The fourth-order valence-electron chi connectivity index (χ4n) is 2.09. The maximum atomic E-state index is 12.3. The van der Waals surface area contributed by atoms with Gasteiger partial charge in [0.15, 0.2) is 0 Å². The molecular formula is C16H22N4O3. The Hall–Kier alpha value is -2.28. The van der Waals surface area contributed by atoms with E-state index in [9.17, 15) is 4.79 Å². The molecule has 2 aromatic heterocycles. The van der Waals surface area contributed by atoms with E-state index in [0.29, 0.717) is 17.9 Å². The summed E-state index contributed by atoms with van der Waals surface area (Å²) >= 11 is 0. The van der Waals surface area contributed by atoms with Crippen LogP contribution in [0.3, 0.4) is 0 Å². The van der Waals surface area contributed by atoms with E-state index >= 15 is 0 Å². The Morgan fingerprint density at radius 3 is 2.70 bits per heavy atom. The maximum Gasteiger partial charge on any atom is 0.311 e. The van der Waals surface area contributed by atoms with Crippen LogP contribution in [0.5, 0.6) is 0 Å². The number of hydrogen-bond donors (Lipinski definition) is 1. The van der Waals surface area contributed by atoms with Gasteiger partial charge in [-0.15, -0.1) is 10.2 Å². The SMILES string of the molecule is CC[C@H](C(=O)OC(C)(C)C)C(N)c1nnc(-c2cccnc2)o1. The predicted molar refractivity (Wildman–Crippen MR) is 84.1 cm³/mol. The maximum absolute atomic E-state index is 12.3. The molecule has 0 bridgehead atoms. The molecule has 2 N–H and O–H groups in total. The summed E-state index contributed by atoms with van der Waals surface area (Å²) in [7, 11) is 0. The van der Waals surface area contributed by atoms with Crippen molar-refractivity contribution in [3.8, 4) is 11.5 Å². The van der Waals surface area contributed by atoms with Crippen molar-refractivity contribution in [3.05, 3.63) is 30.4 Å². The van der Waals surface area contributed by atoms with Crippen LogP contribution in [0.25, 0.3) is 11.5 Å². The highest BCUT2D eigenvalue weighted by Gasteiger charge is 2.32. The third-order valence-corrected chi connectivity index (χ3v) is 3.22. The smallest absolute Gasteiger partial charge is 0.311 e. The number of aromatic nitrogens is 3. The van der Waals surface area contributed by atoms with Crippen LogP contribution >= 0.6 is 0 Å². The quantitative estimate of drug-likeness (QED) is 0.844. The van der Waals surface area contributed by atoms with Gasteiger partial charge in [0.1, 0.15) is 5.60 Å². The summed E-state index contributed by atoms with van der Waals surface area (Å²) in [6, 6.07) is 2.86. The Kier molecular flexibility index (Phi) is 5.10. The molecule has 0 aliphatic carbocycles. The zero-order chi connectivity index (χ0) is 17.0. The lowest BCUT2D eigenvalue weighted by atomic mass is 9.97. The number of hydrogen-bond acceptors (Lipinski definition) is 7. The van der Waals surface area contributed by atoms with E-state index in [1.54, 1.807) is 24.5 Å². The standard InChI is InChI=1S/C16H22N4O3/c1-5-11(15(21)23-16(2,3)4)12(17)14-20-19-13(22-14)10-7-6-8-18-9-10/h6-9,11-12H,5,17H2,1-4H3/t11-,12?/m0/s1. The Balaban J connectivity index is 2.17. The van der Waals surface area contributed by atoms with Gasteiger partial charge in [0, 0.05) is 12.4 Å². The van der Waals surface area contributed by atoms with Crippen LogP contribution in [0, 0.1) is 5.92 Å². The van der Waals surface area contributed by atoms with E-state index in [1.807, 2.05) is 27.7 Å². The van der Waals surface area contributed by atoms with Gasteiger partial charge in [-0.25, -0.2) is 0 Å². The van der Waals surface area contributed by atoms with Crippen molar-refractivity contribution in [2.45, 2.75) is 45.8 Å². The molecule has 2 rings (SSSR count). The average Bonchev–Trinajstić information content (AvgIpc) is 2.96. The summed E-state index contributed by atoms with van der Waals surface area (Å²) in [6.07, 6.45) is 3.79. The first-order valence-corrected chi connectivity index (χ1v) is 7.54. The Morgan fingerprint density at radius 1 is 1.39 bits per heavy atom. The molecule has 0 aliphatic rings. The van der Waals surface area contributed by atoms with E-state index in [2.05, 4.69) is 15.2 Å². The number of rotatable bonds is 5. The summed E-state index contributed by atoms with van der Waals surface area (Å²) in [5.41, 5.74) is 6.28. The average molecular weight is 318 g/mol. The third kappa shape index (κ3) is 4.35. The van der Waals surface area contributed by atoms with Crippen molar-refractivity contribution in [2.24, 2.45) is 11.7 Å². The minimum Gasteiger partial charge on any atom is -0.460 e. The first-order chi connectivity index (χ1) is 10.8. The van der Waals surface area contributed by atoms with E-state index in [4.69, 9.17) is 14.9 Å². The molecule has 0 saturated heterocycles. The van der Waals surface area contributed by atoms with Crippen molar-refractivity contribution in [3.63, 3.8) is 0 Å². The van der Waals surface area contributed by atoms with Crippen LogP contribution in [-0.2, 0) is 9.53 Å².